The predicted octanol–water partition coefficient (Wildman–Crippen LogP) is 2.58. The third kappa shape index (κ3) is 2.93. The summed E-state index contributed by atoms with van der Waals surface area (Å²) in [7, 11) is -1.48. The highest BCUT2D eigenvalue weighted by Gasteiger charge is 2.46. The molecule has 1 aliphatic carbocycles. The van der Waals surface area contributed by atoms with Gasteiger partial charge in [0.1, 0.15) is 23.2 Å². The van der Waals surface area contributed by atoms with Gasteiger partial charge in [0.05, 0.1) is 33.6 Å². The van der Waals surface area contributed by atoms with Gasteiger partial charge in [0.25, 0.3) is 0 Å². The summed E-state index contributed by atoms with van der Waals surface area (Å²) >= 11 is 12.0. The van der Waals surface area contributed by atoms with Crippen LogP contribution in [0.2, 0.25) is 10.2 Å². The first-order chi connectivity index (χ1) is 12.5. The molecule has 0 spiro atoms. The number of hydrogen-bond donors (Lipinski definition) is 2. The monoisotopic (exact) mass is 411 g/mol. The Kier molecular flexibility index (Phi) is 4.75. The summed E-state index contributed by atoms with van der Waals surface area (Å²) in [6.07, 6.45) is 1.25. The first kappa shape index (κ1) is 17.9. The van der Waals surface area contributed by atoms with E-state index in [-0.39, 0.29) is 0 Å². The van der Waals surface area contributed by atoms with E-state index in [9.17, 15) is 14.4 Å². The fourth-order valence-electron chi connectivity index (χ4n) is 3.41. The van der Waals surface area contributed by atoms with Gasteiger partial charge in [-0.05, 0) is 36.8 Å². The lowest BCUT2D eigenvalue weighted by molar-refractivity contribution is 0.0256. The Morgan fingerprint density at radius 3 is 2.54 bits per heavy atom. The van der Waals surface area contributed by atoms with Crippen molar-refractivity contribution in [1.82, 2.24) is 14.5 Å². The normalized spacial score (nSPS) is 27.1. The van der Waals surface area contributed by atoms with Gasteiger partial charge in [-0.3, -0.25) is 4.21 Å². The van der Waals surface area contributed by atoms with Crippen LogP contribution >= 0.6 is 23.2 Å². The second-order valence-corrected chi connectivity index (χ2v) is 8.66. The molecule has 2 heterocycles. The molecule has 9 heteroatoms. The predicted molar refractivity (Wildman–Crippen MR) is 99.9 cm³/mol. The summed E-state index contributed by atoms with van der Waals surface area (Å²) in [5, 5.41) is 22.0. The number of fused-ring (bicyclic) bond motifs is 1. The Morgan fingerprint density at radius 2 is 1.81 bits per heavy atom. The first-order valence-electron chi connectivity index (χ1n) is 7.96. The molecular formula is C17H15Cl2N3O3S. The summed E-state index contributed by atoms with van der Waals surface area (Å²) in [4.78, 5) is 8.73. The molecule has 2 N–H and O–H groups in total. The van der Waals surface area contributed by atoms with Crippen molar-refractivity contribution in [3.8, 4) is 0 Å². The highest BCUT2D eigenvalue weighted by atomic mass is 35.5. The summed E-state index contributed by atoms with van der Waals surface area (Å²) in [5.41, 5.74) is 0.569. The van der Waals surface area contributed by atoms with Crippen LogP contribution < -0.4 is 0 Å². The van der Waals surface area contributed by atoms with Crippen LogP contribution in [0.25, 0.3) is 11.0 Å². The fraction of sp³-hybridized carbons (Fsp3) is 0.294. The van der Waals surface area contributed by atoms with Crippen LogP contribution in [0.3, 0.4) is 0 Å². The van der Waals surface area contributed by atoms with Crippen LogP contribution in [0.15, 0.2) is 47.8 Å². The minimum atomic E-state index is -1.48. The average molecular weight is 412 g/mol. The molecule has 0 amide bonds. The molecule has 3 aromatic rings. The second-order valence-electron chi connectivity index (χ2n) is 6.20. The second kappa shape index (κ2) is 6.90. The van der Waals surface area contributed by atoms with Crippen LogP contribution in [0.5, 0.6) is 0 Å². The van der Waals surface area contributed by atoms with E-state index in [2.05, 4.69) is 9.97 Å². The molecule has 1 aliphatic rings. The summed E-state index contributed by atoms with van der Waals surface area (Å²) in [6, 6.07) is 7.95. The van der Waals surface area contributed by atoms with Crippen LogP contribution in [0.1, 0.15) is 12.5 Å². The summed E-state index contributed by atoms with van der Waals surface area (Å²) in [6.45, 7) is 0. The van der Waals surface area contributed by atoms with Gasteiger partial charge in [-0.1, -0.05) is 23.2 Å². The van der Waals surface area contributed by atoms with Gasteiger partial charge < -0.3 is 14.8 Å². The lowest BCUT2D eigenvalue weighted by Gasteiger charge is -2.18. The van der Waals surface area contributed by atoms with Gasteiger partial charge in [0.2, 0.25) is 0 Å². The van der Waals surface area contributed by atoms with Gasteiger partial charge in [-0.2, -0.15) is 0 Å². The maximum atomic E-state index is 12.9. The molecule has 1 aromatic carbocycles. The zero-order chi connectivity index (χ0) is 18.4. The Balaban J connectivity index is 1.66. The van der Waals surface area contributed by atoms with E-state index in [4.69, 9.17) is 23.2 Å². The molecule has 1 unspecified atom stereocenters. The molecule has 136 valence electrons. The van der Waals surface area contributed by atoms with Gasteiger partial charge in [-0.25, -0.2) is 9.97 Å². The van der Waals surface area contributed by atoms with E-state index in [0.29, 0.717) is 32.5 Å². The molecule has 4 rings (SSSR count). The van der Waals surface area contributed by atoms with Crippen molar-refractivity contribution in [1.29, 1.82) is 0 Å². The van der Waals surface area contributed by atoms with Crippen molar-refractivity contribution in [2.75, 3.05) is 0 Å². The van der Waals surface area contributed by atoms with Crippen LogP contribution in [-0.4, -0.2) is 46.4 Å². The van der Waals surface area contributed by atoms with Crippen molar-refractivity contribution in [2.45, 2.75) is 34.8 Å². The Bertz CT molecular complexity index is 979. The van der Waals surface area contributed by atoms with Gasteiger partial charge >= 0.3 is 0 Å². The largest absolute Gasteiger partial charge is 0.389 e. The number of rotatable bonds is 3. The molecule has 0 aliphatic heterocycles. The fourth-order valence-corrected chi connectivity index (χ4v) is 5.27. The smallest absolute Gasteiger partial charge is 0.145 e. The molecular weight excluding hydrogens is 397 g/mol. The number of aromatic nitrogens is 3. The maximum Gasteiger partial charge on any atom is 0.145 e. The zero-order valence-corrected chi connectivity index (χ0v) is 15.7. The van der Waals surface area contributed by atoms with Gasteiger partial charge in [-0.15, -0.1) is 0 Å². The topological polar surface area (TPSA) is 88.2 Å². The van der Waals surface area contributed by atoms with E-state index < -0.39 is 34.3 Å². The van der Waals surface area contributed by atoms with Crippen molar-refractivity contribution in [3.05, 3.63) is 53.0 Å². The minimum Gasteiger partial charge on any atom is -0.389 e. The van der Waals surface area contributed by atoms with Crippen LogP contribution in [0.4, 0.5) is 0 Å². The zero-order valence-electron chi connectivity index (χ0n) is 13.4. The highest BCUT2D eigenvalue weighted by molar-refractivity contribution is 7.85. The molecule has 26 heavy (non-hydrogen) atoms. The molecule has 1 fully saturated rings. The summed E-state index contributed by atoms with van der Waals surface area (Å²) < 4.78 is 14.6. The molecule has 6 nitrogen and oxygen atoms in total. The third-order valence-electron chi connectivity index (χ3n) is 4.74. The lowest BCUT2D eigenvalue weighted by Crippen LogP contribution is -2.33. The van der Waals surface area contributed by atoms with Crippen molar-refractivity contribution in [2.24, 2.45) is 0 Å². The van der Waals surface area contributed by atoms with Crippen LogP contribution in [0, 0.1) is 0 Å². The molecule has 0 saturated heterocycles. The molecule has 1 saturated carbocycles. The van der Waals surface area contributed by atoms with E-state index in [1.54, 1.807) is 41.1 Å². The van der Waals surface area contributed by atoms with E-state index >= 15 is 0 Å². The van der Waals surface area contributed by atoms with E-state index in [0.717, 1.165) is 0 Å². The minimum absolute atomic E-state index is 0.322. The Morgan fingerprint density at radius 1 is 1.08 bits per heavy atom. The average Bonchev–Trinajstić information content (AvgIpc) is 3.18. The molecule has 2 aromatic heterocycles. The first-order valence-corrected chi connectivity index (χ1v) is 9.93. The maximum absolute atomic E-state index is 12.9. The number of halogens is 2. The van der Waals surface area contributed by atoms with E-state index in [1.165, 1.54) is 6.33 Å². The van der Waals surface area contributed by atoms with Gasteiger partial charge in [0.15, 0.2) is 0 Å². The van der Waals surface area contributed by atoms with Crippen LogP contribution in [-0.2, 0) is 10.8 Å². The number of aliphatic hydroxyl groups excluding tert-OH is 2. The SMILES string of the molecule is O=S(c1ccc(Cl)cc1)[C@H]1C[C@@H](n2ccc3c(Cl)ncnc32)[C@H](O)[C@@H]1O. The van der Waals surface area contributed by atoms with E-state index in [1.807, 2.05) is 0 Å². The standard InChI is InChI=1S/C17H15Cl2N3O3S/c18-9-1-3-10(4-2-9)26(25)13-7-12(14(23)15(13)24)22-6-5-11-16(19)20-8-21-17(11)22/h1-6,8,12-15,23-24H,7H2/t12-,13+,14+,15-,26?/m1/s1. The van der Waals surface area contributed by atoms with Crippen molar-refractivity contribution in [3.63, 3.8) is 0 Å². The molecule has 0 bridgehead atoms. The van der Waals surface area contributed by atoms with Crippen molar-refractivity contribution < 1.29 is 14.4 Å². The quantitative estimate of drug-likeness (QED) is 0.646. The third-order valence-corrected chi connectivity index (χ3v) is 7.05. The number of aliphatic hydroxyl groups is 2. The van der Waals surface area contributed by atoms with Gasteiger partial charge in [0, 0.05) is 16.1 Å². The lowest BCUT2D eigenvalue weighted by atomic mass is 10.2. The van der Waals surface area contributed by atoms with Crippen molar-refractivity contribution >= 4 is 45.0 Å². The molecule has 5 atom stereocenters. The highest BCUT2D eigenvalue weighted by Crippen LogP contribution is 2.38. The number of nitrogens with zero attached hydrogens (tertiary/aromatic N) is 3. The Hall–Kier alpha value is -1.51. The Labute approximate surface area is 161 Å². The summed E-state index contributed by atoms with van der Waals surface area (Å²) in [5.74, 6) is 0. The number of hydrogen-bond acceptors (Lipinski definition) is 5. The number of benzene rings is 1. The molecule has 0 radical (unpaired) electrons.